The second-order valence-electron chi connectivity index (χ2n) is 8.05. The topological polar surface area (TPSA) is 105 Å². The Kier molecular flexibility index (Phi) is 7.44. The minimum atomic E-state index is -4.71. The van der Waals surface area contributed by atoms with Gasteiger partial charge < -0.3 is 5.32 Å². The lowest BCUT2D eigenvalue weighted by atomic mass is 10.1. The van der Waals surface area contributed by atoms with Crippen LogP contribution in [0.5, 0.6) is 0 Å². The lowest BCUT2D eigenvalue weighted by Gasteiger charge is -2.23. The van der Waals surface area contributed by atoms with Crippen LogP contribution in [0, 0.1) is 5.82 Å². The molecule has 0 aliphatic carbocycles. The van der Waals surface area contributed by atoms with Gasteiger partial charge in [0.2, 0.25) is 21.8 Å². The molecule has 1 N–H and O–H groups in total. The number of aromatic nitrogens is 3. The predicted molar refractivity (Wildman–Crippen MR) is 121 cm³/mol. The Morgan fingerprint density at radius 1 is 1.11 bits per heavy atom. The van der Waals surface area contributed by atoms with Crippen LogP contribution in [0.4, 0.5) is 22.0 Å². The second kappa shape index (κ2) is 10.3. The van der Waals surface area contributed by atoms with Crippen LogP contribution in [0.2, 0.25) is 5.02 Å². The summed E-state index contributed by atoms with van der Waals surface area (Å²) in [6.45, 7) is -0.765. The van der Waals surface area contributed by atoms with Gasteiger partial charge in [0.1, 0.15) is 18.0 Å². The van der Waals surface area contributed by atoms with Crippen molar-refractivity contribution in [2.75, 3.05) is 6.54 Å². The Morgan fingerprint density at radius 3 is 2.38 bits per heavy atom. The number of pyridine rings is 1. The van der Waals surface area contributed by atoms with E-state index >= 15 is 0 Å². The molecule has 1 fully saturated rings. The molecule has 8 nitrogen and oxygen atoms in total. The number of halogens is 6. The van der Waals surface area contributed by atoms with Crippen molar-refractivity contribution in [3.8, 4) is 11.3 Å². The maximum Gasteiger partial charge on any atom is 0.451 e. The van der Waals surface area contributed by atoms with Crippen LogP contribution in [0.15, 0.2) is 53.8 Å². The molecule has 196 valence electrons. The van der Waals surface area contributed by atoms with Gasteiger partial charge in [0, 0.05) is 43.7 Å². The summed E-state index contributed by atoms with van der Waals surface area (Å²) in [6, 6.07) is 3.95. The number of carbonyl (C=O) groups excluding carboxylic acids is 1. The van der Waals surface area contributed by atoms with Gasteiger partial charge in [0.05, 0.1) is 15.6 Å². The van der Waals surface area contributed by atoms with E-state index in [9.17, 15) is 35.2 Å². The quantitative estimate of drug-likeness (QED) is 0.460. The highest BCUT2D eigenvalue weighted by Crippen LogP contribution is 2.29. The molecule has 2 aromatic heterocycles. The SMILES string of the molecule is O=C(NCc1cc(-c2cnc(C(F)(F)F)nc2)ncc1Cl)C1CC(F)CN1S(=O)(=O)c1ccc(F)cc1. The molecule has 2 atom stereocenters. The molecule has 15 heteroatoms. The summed E-state index contributed by atoms with van der Waals surface area (Å²) in [7, 11) is -4.29. The van der Waals surface area contributed by atoms with Crippen LogP contribution < -0.4 is 5.32 Å². The molecule has 1 amide bonds. The van der Waals surface area contributed by atoms with Gasteiger partial charge in [-0.25, -0.2) is 27.2 Å². The minimum absolute atomic E-state index is 0.113. The number of hydrogen-bond acceptors (Lipinski definition) is 6. The molecule has 1 aliphatic rings. The standard InChI is InChI=1S/C22H17ClF5N5O3S/c23-17-10-29-18(13-8-31-21(32-9-13)22(26,27)28)5-12(17)7-30-20(34)19-6-15(25)11-33(19)37(35,36)16-3-1-14(24)2-4-16/h1-5,8-10,15,19H,6-7,11H2,(H,30,34). The molecule has 0 bridgehead atoms. The molecule has 37 heavy (non-hydrogen) atoms. The molecule has 3 aromatic rings. The average molecular weight is 562 g/mol. The van der Waals surface area contributed by atoms with E-state index in [1.165, 1.54) is 12.3 Å². The van der Waals surface area contributed by atoms with Crippen molar-refractivity contribution < 1.29 is 35.2 Å². The maximum absolute atomic E-state index is 14.2. The molecule has 0 saturated carbocycles. The van der Waals surface area contributed by atoms with Gasteiger partial charge in [-0.3, -0.25) is 9.78 Å². The average Bonchev–Trinajstić information content (AvgIpc) is 3.26. The van der Waals surface area contributed by atoms with E-state index in [-0.39, 0.29) is 34.1 Å². The molecule has 1 saturated heterocycles. The zero-order chi connectivity index (χ0) is 27.0. The van der Waals surface area contributed by atoms with Crippen LogP contribution >= 0.6 is 11.6 Å². The summed E-state index contributed by atoms with van der Waals surface area (Å²) in [5.74, 6) is -2.77. The Bertz CT molecular complexity index is 1410. The Balaban J connectivity index is 1.50. The molecule has 4 rings (SSSR count). The zero-order valence-corrected chi connectivity index (χ0v) is 20.2. The van der Waals surface area contributed by atoms with E-state index in [0.29, 0.717) is 5.56 Å². The lowest BCUT2D eigenvalue weighted by Crippen LogP contribution is -2.45. The fourth-order valence-electron chi connectivity index (χ4n) is 3.68. The first-order chi connectivity index (χ1) is 17.4. The normalized spacial score (nSPS) is 18.6. The molecule has 0 radical (unpaired) electrons. The third-order valence-electron chi connectivity index (χ3n) is 5.52. The van der Waals surface area contributed by atoms with Crippen molar-refractivity contribution in [2.45, 2.75) is 36.3 Å². The van der Waals surface area contributed by atoms with E-state index in [0.717, 1.165) is 41.0 Å². The zero-order valence-electron chi connectivity index (χ0n) is 18.6. The summed E-state index contributed by atoms with van der Waals surface area (Å²) >= 11 is 6.14. The first kappa shape index (κ1) is 26.8. The van der Waals surface area contributed by atoms with Crippen molar-refractivity contribution >= 4 is 27.5 Å². The van der Waals surface area contributed by atoms with E-state index in [4.69, 9.17) is 11.6 Å². The van der Waals surface area contributed by atoms with Gasteiger partial charge in [-0.05, 0) is 35.9 Å². The first-order valence-electron chi connectivity index (χ1n) is 10.6. The minimum Gasteiger partial charge on any atom is -0.351 e. The van der Waals surface area contributed by atoms with Crippen LogP contribution in [0.25, 0.3) is 11.3 Å². The Hall–Kier alpha value is -3.23. The third-order valence-corrected chi connectivity index (χ3v) is 7.75. The number of amides is 1. The number of nitrogens with one attached hydrogen (secondary N) is 1. The summed E-state index contributed by atoms with van der Waals surface area (Å²) in [6.07, 6.45) is -3.60. The first-order valence-corrected chi connectivity index (χ1v) is 12.4. The van der Waals surface area contributed by atoms with Crippen LogP contribution in [-0.4, -0.2) is 52.3 Å². The van der Waals surface area contributed by atoms with E-state index in [1.807, 2.05) is 0 Å². The monoisotopic (exact) mass is 561 g/mol. The summed E-state index contributed by atoms with van der Waals surface area (Å²) in [5, 5.41) is 2.62. The van der Waals surface area contributed by atoms with Crippen molar-refractivity contribution in [3.05, 3.63) is 71.2 Å². The fourth-order valence-corrected chi connectivity index (χ4v) is 5.48. The van der Waals surface area contributed by atoms with E-state index in [2.05, 4.69) is 20.3 Å². The van der Waals surface area contributed by atoms with Gasteiger partial charge in [-0.1, -0.05) is 11.6 Å². The number of alkyl halides is 4. The van der Waals surface area contributed by atoms with Crippen molar-refractivity contribution in [1.82, 2.24) is 24.6 Å². The van der Waals surface area contributed by atoms with Gasteiger partial charge in [0.15, 0.2) is 0 Å². The highest BCUT2D eigenvalue weighted by Gasteiger charge is 2.44. The van der Waals surface area contributed by atoms with Crippen molar-refractivity contribution in [2.24, 2.45) is 0 Å². The Labute approximate surface area is 212 Å². The molecular formula is C22H17ClF5N5O3S. The summed E-state index contributed by atoms with van der Waals surface area (Å²) in [5.41, 5.74) is 0.639. The summed E-state index contributed by atoms with van der Waals surface area (Å²) < 4.78 is 92.2. The number of hydrogen-bond donors (Lipinski definition) is 1. The third kappa shape index (κ3) is 5.86. The van der Waals surface area contributed by atoms with Gasteiger partial charge in [-0.15, -0.1) is 0 Å². The van der Waals surface area contributed by atoms with Gasteiger partial charge in [-0.2, -0.15) is 17.5 Å². The highest BCUT2D eigenvalue weighted by atomic mass is 35.5. The molecular weight excluding hydrogens is 545 g/mol. The number of sulfonamides is 1. The van der Waals surface area contributed by atoms with Crippen molar-refractivity contribution in [1.29, 1.82) is 0 Å². The van der Waals surface area contributed by atoms with Crippen molar-refractivity contribution in [3.63, 3.8) is 0 Å². The molecule has 2 unspecified atom stereocenters. The second-order valence-corrected chi connectivity index (χ2v) is 10.3. The fraction of sp³-hybridized carbons (Fsp3) is 0.273. The largest absolute Gasteiger partial charge is 0.451 e. The molecule has 1 aliphatic heterocycles. The van der Waals surface area contributed by atoms with Gasteiger partial charge in [0.25, 0.3) is 0 Å². The highest BCUT2D eigenvalue weighted by molar-refractivity contribution is 7.89. The number of rotatable bonds is 6. The van der Waals surface area contributed by atoms with E-state index in [1.54, 1.807) is 0 Å². The van der Waals surface area contributed by atoms with E-state index < -0.39 is 52.5 Å². The van der Waals surface area contributed by atoms with Crippen LogP contribution in [0.1, 0.15) is 17.8 Å². The predicted octanol–water partition coefficient (Wildman–Crippen LogP) is 3.77. The number of nitrogens with zero attached hydrogens (tertiary/aromatic N) is 4. The van der Waals surface area contributed by atoms with Crippen LogP contribution in [0.3, 0.4) is 0 Å². The lowest BCUT2D eigenvalue weighted by molar-refractivity contribution is -0.145. The Morgan fingerprint density at radius 2 is 1.76 bits per heavy atom. The number of carbonyl (C=O) groups is 1. The molecule has 3 heterocycles. The maximum atomic E-state index is 14.2. The van der Waals surface area contributed by atoms with Crippen LogP contribution in [-0.2, 0) is 27.5 Å². The smallest absolute Gasteiger partial charge is 0.351 e. The summed E-state index contributed by atoms with van der Waals surface area (Å²) in [4.78, 5) is 23.2. The van der Waals surface area contributed by atoms with Gasteiger partial charge >= 0.3 is 6.18 Å². The molecule has 0 spiro atoms. The molecule has 1 aromatic carbocycles. The number of benzene rings is 1.